The molecule has 0 aliphatic carbocycles. The molecule has 3 nitrogen and oxygen atoms in total. The number of halogens is 1. The highest BCUT2D eigenvalue weighted by Gasteiger charge is 2.25. The number of likely N-dealkylation sites (N-methyl/N-ethyl adjacent to an activating group) is 1. The zero-order chi connectivity index (χ0) is 9.97. The first-order valence-corrected chi connectivity index (χ1v) is 6.32. The lowest BCUT2D eigenvalue weighted by atomic mass is 10.2. The van der Waals surface area contributed by atoms with Crippen molar-refractivity contribution in [2.45, 2.75) is 17.4 Å². The van der Waals surface area contributed by atoms with Crippen LogP contribution in [0.1, 0.15) is 6.42 Å². The van der Waals surface area contributed by atoms with Crippen molar-refractivity contribution in [2.75, 3.05) is 46.4 Å². The smallest absolute Gasteiger partial charge is 0.0829 e. The molecule has 2 atom stereocenters. The van der Waals surface area contributed by atoms with Crippen LogP contribution in [0, 0.1) is 0 Å². The highest BCUT2D eigenvalue weighted by molar-refractivity contribution is 9.09. The van der Waals surface area contributed by atoms with Crippen LogP contribution in [0.3, 0.4) is 0 Å². The van der Waals surface area contributed by atoms with Gasteiger partial charge in [0.1, 0.15) is 0 Å². The molecule has 0 aromatic rings. The van der Waals surface area contributed by atoms with Crippen LogP contribution in [-0.4, -0.2) is 67.1 Å². The third-order valence-electron chi connectivity index (χ3n) is 3.02. The highest BCUT2D eigenvalue weighted by Crippen LogP contribution is 2.17. The maximum Gasteiger partial charge on any atom is 0.0829 e. The lowest BCUT2D eigenvalue weighted by molar-refractivity contribution is -0.0327. The molecule has 2 saturated heterocycles. The van der Waals surface area contributed by atoms with E-state index in [-0.39, 0.29) is 0 Å². The van der Waals surface area contributed by atoms with Gasteiger partial charge in [-0.05, 0) is 20.0 Å². The van der Waals surface area contributed by atoms with Gasteiger partial charge in [0.25, 0.3) is 0 Å². The van der Waals surface area contributed by atoms with Crippen molar-refractivity contribution in [2.24, 2.45) is 0 Å². The Bertz CT molecular complexity index is 191. The van der Waals surface area contributed by atoms with Gasteiger partial charge in [-0.2, -0.15) is 0 Å². The summed E-state index contributed by atoms with van der Waals surface area (Å²) in [4.78, 5) is 5.56. The molecular weight excluding hydrogens is 244 g/mol. The number of rotatable bonds is 2. The molecular formula is C10H19BrN2O. The van der Waals surface area contributed by atoms with Gasteiger partial charge in [-0.3, -0.25) is 4.90 Å². The zero-order valence-electron chi connectivity index (χ0n) is 8.79. The second kappa shape index (κ2) is 4.92. The average molecular weight is 263 g/mol. The molecule has 2 aliphatic rings. The number of alkyl halides is 1. The first kappa shape index (κ1) is 10.9. The molecule has 0 aromatic heterocycles. The SMILES string of the molecule is CN1CCOC(CN2CCC(Br)C2)C1. The predicted octanol–water partition coefficient (Wildman–Crippen LogP) is 0.786. The van der Waals surface area contributed by atoms with Crippen LogP contribution in [-0.2, 0) is 4.74 Å². The minimum absolute atomic E-state index is 0.423. The third kappa shape index (κ3) is 2.92. The number of morpholine rings is 1. The quantitative estimate of drug-likeness (QED) is 0.685. The molecule has 4 heteroatoms. The van der Waals surface area contributed by atoms with Crippen molar-refractivity contribution in [3.05, 3.63) is 0 Å². The molecule has 82 valence electrons. The second-order valence-electron chi connectivity index (χ2n) is 4.40. The van der Waals surface area contributed by atoms with Crippen molar-refractivity contribution in [3.63, 3.8) is 0 Å². The van der Waals surface area contributed by atoms with Crippen molar-refractivity contribution in [3.8, 4) is 0 Å². The molecule has 0 amide bonds. The summed E-state index contributed by atoms with van der Waals surface area (Å²) < 4.78 is 5.75. The van der Waals surface area contributed by atoms with Crippen molar-refractivity contribution in [1.29, 1.82) is 0 Å². The molecule has 2 unspecified atom stereocenters. The molecule has 0 bridgehead atoms. The summed E-state index contributed by atoms with van der Waals surface area (Å²) in [7, 11) is 2.17. The summed E-state index contributed by atoms with van der Waals surface area (Å²) in [5, 5.41) is 0. The van der Waals surface area contributed by atoms with Gasteiger partial charge < -0.3 is 9.64 Å². The van der Waals surface area contributed by atoms with E-state index in [9.17, 15) is 0 Å². The van der Waals surface area contributed by atoms with E-state index in [0.717, 1.165) is 26.2 Å². The fraction of sp³-hybridized carbons (Fsp3) is 1.00. The van der Waals surface area contributed by atoms with Gasteiger partial charge in [-0.1, -0.05) is 15.9 Å². The topological polar surface area (TPSA) is 15.7 Å². The van der Waals surface area contributed by atoms with Gasteiger partial charge in [0.2, 0.25) is 0 Å². The predicted molar refractivity (Wildman–Crippen MR) is 61.0 cm³/mol. The van der Waals surface area contributed by atoms with E-state index < -0.39 is 0 Å². The minimum atomic E-state index is 0.423. The van der Waals surface area contributed by atoms with Crippen molar-refractivity contribution >= 4 is 15.9 Å². The molecule has 2 rings (SSSR count). The fourth-order valence-corrected chi connectivity index (χ4v) is 2.83. The lowest BCUT2D eigenvalue weighted by Gasteiger charge is -2.32. The van der Waals surface area contributed by atoms with Gasteiger partial charge in [0.15, 0.2) is 0 Å². The normalized spacial score (nSPS) is 36.4. The van der Waals surface area contributed by atoms with E-state index in [4.69, 9.17) is 4.74 Å². The summed E-state index contributed by atoms with van der Waals surface area (Å²) in [6, 6.07) is 0. The van der Waals surface area contributed by atoms with Gasteiger partial charge in [0, 0.05) is 31.0 Å². The van der Waals surface area contributed by atoms with E-state index >= 15 is 0 Å². The number of nitrogens with zero attached hydrogens (tertiary/aromatic N) is 2. The molecule has 2 aliphatic heterocycles. The highest BCUT2D eigenvalue weighted by atomic mass is 79.9. The summed E-state index contributed by atoms with van der Waals surface area (Å²) in [5.41, 5.74) is 0. The van der Waals surface area contributed by atoms with E-state index in [0.29, 0.717) is 10.9 Å². The monoisotopic (exact) mass is 262 g/mol. The van der Waals surface area contributed by atoms with Crippen molar-refractivity contribution in [1.82, 2.24) is 9.80 Å². The maximum absolute atomic E-state index is 5.75. The van der Waals surface area contributed by atoms with Gasteiger partial charge in [-0.25, -0.2) is 0 Å². The Balaban J connectivity index is 1.74. The molecule has 0 aromatic carbocycles. The van der Waals surface area contributed by atoms with Gasteiger partial charge in [-0.15, -0.1) is 0 Å². The van der Waals surface area contributed by atoms with E-state index in [1.54, 1.807) is 0 Å². The number of hydrogen-bond acceptors (Lipinski definition) is 3. The van der Waals surface area contributed by atoms with Crippen LogP contribution in [0.5, 0.6) is 0 Å². The number of ether oxygens (including phenoxy) is 1. The Morgan fingerprint density at radius 1 is 1.36 bits per heavy atom. The first-order valence-electron chi connectivity index (χ1n) is 5.40. The lowest BCUT2D eigenvalue weighted by Crippen LogP contribution is -2.45. The molecule has 0 N–H and O–H groups in total. The van der Waals surface area contributed by atoms with Crippen LogP contribution in [0.4, 0.5) is 0 Å². The third-order valence-corrected chi connectivity index (χ3v) is 3.77. The molecule has 14 heavy (non-hydrogen) atoms. The largest absolute Gasteiger partial charge is 0.374 e. The number of hydrogen-bond donors (Lipinski definition) is 0. The van der Waals surface area contributed by atoms with Gasteiger partial charge >= 0.3 is 0 Å². The van der Waals surface area contributed by atoms with E-state index in [1.165, 1.54) is 19.5 Å². The van der Waals surface area contributed by atoms with E-state index in [1.807, 2.05) is 0 Å². The second-order valence-corrected chi connectivity index (χ2v) is 5.70. The molecule has 2 fully saturated rings. The average Bonchev–Trinajstić information content (AvgIpc) is 2.51. The first-order chi connectivity index (χ1) is 6.74. The molecule has 0 saturated carbocycles. The fourth-order valence-electron chi connectivity index (χ4n) is 2.22. The van der Waals surface area contributed by atoms with Crippen LogP contribution >= 0.6 is 15.9 Å². The summed E-state index contributed by atoms with van der Waals surface area (Å²) >= 11 is 3.66. The molecule has 2 heterocycles. The molecule has 0 radical (unpaired) electrons. The Hall–Kier alpha value is 0.360. The van der Waals surface area contributed by atoms with Gasteiger partial charge in [0.05, 0.1) is 12.7 Å². The molecule has 0 spiro atoms. The zero-order valence-corrected chi connectivity index (χ0v) is 10.4. The number of likely N-dealkylation sites (tertiary alicyclic amines) is 1. The maximum atomic E-state index is 5.75. The van der Waals surface area contributed by atoms with E-state index in [2.05, 4.69) is 32.8 Å². The summed E-state index contributed by atoms with van der Waals surface area (Å²) in [5.74, 6) is 0. The van der Waals surface area contributed by atoms with Crippen LogP contribution in [0.25, 0.3) is 0 Å². The Labute approximate surface area is 94.5 Å². The minimum Gasteiger partial charge on any atom is -0.374 e. The summed E-state index contributed by atoms with van der Waals surface area (Å²) in [6.45, 7) is 6.57. The Morgan fingerprint density at radius 3 is 2.86 bits per heavy atom. The van der Waals surface area contributed by atoms with Crippen LogP contribution in [0.2, 0.25) is 0 Å². The Kier molecular flexibility index (Phi) is 3.82. The van der Waals surface area contributed by atoms with Crippen molar-refractivity contribution < 1.29 is 4.74 Å². The van der Waals surface area contributed by atoms with Crippen LogP contribution < -0.4 is 0 Å². The standard InChI is InChI=1S/C10H19BrN2O/c1-12-4-5-14-10(7-12)8-13-3-2-9(11)6-13/h9-10H,2-8H2,1H3. The van der Waals surface area contributed by atoms with Crippen LogP contribution in [0.15, 0.2) is 0 Å². The summed E-state index contributed by atoms with van der Waals surface area (Å²) in [6.07, 6.45) is 1.70. The Morgan fingerprint density at radius 2 is 2.21 bits per heavy atom.